The third-order valence-corrected chi connectivity index (χ3v) is 4.07. The van der Waals surface area contributed by atoms with Crippen molar-refractivity contribution < 1.29 is 9.53 Å². The van der Waals surface area contributed by atoms with Gasteiger partial charge in [-0.1, -0.05) is 25.5 Å². The monoisotopic (exact) mass is 311 g/mol. The van der Waals surface area contributed by atoms with Gasteiger partial charge in [-0.3, -0.25) is 4.79 Å². The van der Waals surface area contributed by atoms with E-state index in [2.05, 4.69) is 17.0 Å². The fourth-order valence-electron chi connectivity index (χ4n) is 2.90. The van der Waals surface area contributed by atoms with Crippen LogP contribution in [0.15, 0.2) is 49.2 Å². The number of nitrogens with one attached hydrogen (secondary N) is 1. The van der Waals surface area contributed by atoms with Gasteiger partial charge >= 0.3 is 0 Å². The standard InChI is InChI=1S/C18H21N3O2/c1-2-13-23-16-9-7-14(8-10-16)18(22)20-17-11-12-19-21(17)15-5-3-4-6-15/h2,7-12,15H,1,3-6,13H2,(H,20,22). The molecule has 5 nitrogen and oxygen atoms in total. The number of aromatic nitrogens is 2. The average molecular weight is 311 g/mol. The van der Waals surface area contributed by atoms with Crippen molar-refractivity contribution in [3.05, 3.63) is 54.7 Å². The summed E-state index contributed by atoms with van der Waals surface area (Å²) in [6.45, 7) is 4.06. The predicted molar refractivity (Wildman–Crippen MR) is 89.8 cm³/mol. The molecule has 2 aromatic rings. The SMILES string of the molecule is C=CCOc1ccc(C(=O)Nc2ccnn2C2CCCC2)cc1. The molecule has 3 rings (SSSR count). The quantitative estimate of drug-likeness (QED) is 0.825. The highest BCUT2D eigenvalue weighted by atomic mass is 16.5. The van der Waals surface area contributed by atoms with Crippen molar-refractivity contribution in [2.45, 2.75) is 31.7 Å². The molecule has 0 saturated heterocycles. The van der Waals surface area contributed by atoms with Gasteiger partial charge in [-0.05, 0) is 37.1 Å². The second-order valence-corrected chi connectivity index (χ2v) is 5.68. The fraction of sp³-hybridized carbons (Fsp3) is 0.333. The number of benzene rings is 1. The van der Waals surface area contributed by atoms with Crippen molar-refractivity contribution in [1.82, 2.24) is 9.78 Å². The molecule has 1 amide bonds. The topological polar surface area (TPSA) is 56.1 Å². The van der Waals surface area contributed by atoms with Crippen LogP contribution in [0.5, 0.6) is 5.75 Å². The molecule has 1 heterocycles. The van der Waals surface area contributed by atoms with Crippen LogP contribution in [-0.2, 0) is 0 Å². The van der Waals surface area contributed by atoms with Gasteiger partial charge in [0.1, 0.15) is 18.2 Å². The van der Waals surface area contributed by atoms with Gasteiger partial charge < -0.3 is 10.1 Å². The maximum Gasteiger partial charge on any atom is 0.256 e. The first kappa shape index (κ1) is 15.3. The van der Waals surface area contributed by atoms with Crippen LogP contribution in [0.3, 0.4) is 0 Å². The molecule has 0 atom stereocenters. The lowest BCUT2D eigenvalue weighted by molar-refractivity contribution is 0.102. The molecule has 0 spiro atoms. The summed E-state index contributed by atoms with van der Waals surface area (Å²) in [6, 6.07) is 9.32. The highest BCUT2D eigenvalue weighted by Crippen LogP contribution is 2.31. The third-order valence-electron chi connectivity index (χ3n) is 4.07. The zero-order valence-corrected chi connectivity index (χ0v) is 13.1. The molecular formula is C18H21N3O2. The van der Waals surface area contributed by atoms with Crippen molar-refractivity contribution >= 4 is 11.7 Å². The van der Waals surface area contributed by atoms with E-state index in [1.165, 1.54) is 12.8 Å². The van der Waals surface area contributed by atoms with E-state index in [1.54, 1.807) is 36.5 Å². The average Bonchev–Trinajstić information content (AvgIpc) is 3.24. The smallest absolute Gasteiger partial charge is 0.256 e. The van der Waals surface area contributed by atoms with E-state index in [9.17, 15) is 4.79 Å². The first-order chi connectivity index (χ1) is 11.3. The lowest BCUT2D eigenvalue weighted by Gasteiger charge is -2.14. The summed E-state index contributed by atoms with van der Waals surface area (Å²) in [7, 11) is 0. The minimum atomic E-state index is -0.139. The summed E-state index contributed by atoms with van der Waals surface area (Å²) in [4.78, 5) is 12.4. The zero-order valence-electron chi connectivity index (χ0n) is 13.1. The molecule has 0 aliphatic heterocycles. The van der Waals surface area contributed by atoms with E-state index < -0.39 is 0 Å². The van der Waals surface area contributed by atoms with Crippen molar-refractivity contribution in [1.29, 1.82) is 0 Å². The molecule has 1 aliphatic rings. The molecule has 1 saturated carbocycles. The van der Waals surface area contributed by atoms with Crippen LogP contribution in [0.4, 0.5) is 5.82 Å². The van der Waals surface area contributed by atoms with Crippen LogP contribution in [0.25, 0.3) is 0 Å². The Morgan fingerprint density at radius 2 is 2.04 bits per heavy atom. The highest BCUT2D eigenvalue weighted by molar-refractivity contribution is 6.03. The number of ether oxygens (including phenoxy) is 1. The largest absolute Gasteiger partial charge is 0.490 e. The van der Waals surface area contributed by atoms with Crippen molar-refractivity contribution in [2.75, 3.05) is 11.9 Å². The van der Waals surface area contributed by atoms with E-state index >= 15 is 0 Å². The summed E-state index contributed by atoms with van der Waals surface area (Å²) in [6.07, 6.45) is 8.12. The molecule has 0 unspecified atom stereocenters. The van der Waals surface area contributed by atoms with Crippen LogP contribution < -0.4 is 10.1 Å². The van der Waals surface area contributed by atoms with Gasteiger partial charge in [0.05, 0.1) is 12.2 Å². The summed E-state index contributed by atoms with van der Waals surface area (Å²) in [5.41, 5.74) is 0.593. The Balaban J connectivity index is 1.67. The number of nitrogens with zero attached hydrogens (tertiary/aromatic N) is 2. The van der Waals surface area contributed by atoms with E-state index in [-0.39, 0.29) is 5.91 Å². The molecule has 1 aliphatic carbocycles. The number of rotatable bonds is 6. The second kappa shape index (κ2) is 7.13. The molecule has 0 bridgehead atoms. The lowest BCUT2D eigenvalue weighted by Crippen LogP contribution is -2.17. The molecule has 1 aromatic carbocycles. The maximum atomic E-state index is 12.4. The van der Waals surface area contributed by atoms with Gasteiger partial charge in [0, 0.05) is 11.6 Å². The molecule has 0 radical (unpaired) electrons. The fourth-order valence-corrected chi connectivity index (χ4v) is 2.90. The molecule has 1 fully saturated rings. The van der Waals surface area contributed by atoms with Gasteiger partial charge in [0.15, 0.2) is 0 Å². The molecular weight excluding hydrogens is 290 g/mol. The predicted octanol–water partition coefficient (Wildman–Crippen LogP) is 3.82. The highest BCUT2D eigenvalue weighted by Gasteiger charge is 2.20. The van der Waals surface area contributed by atoms with Crippen LogP contribution in [0.2, 0.25) is 0 Å². The van der Waals surface area contributed by atoms with Gasteiger partial charge in [0.2, 0.25) is 0 Å². The molecule has 23 heavy (non-hydrogen) atoms. The first-order valence-corrected chi connectivity index (χ1v) is 7.96. The number of anilines is 1. The Morgan fingerprint density at radius 3 is 2.74 bits per heavy atom. The molecule has 5 heteroatoms. The van der Waals surface area contributed by atoms with Crippen molar-refractivity contribution in [3.63, 3.8) is 0 Å². The number of amides is 1. The van der Waals surface area contributed by atoms with E-state index in [4.69, 9.17) is 4.74 Å². The normalized spacial score (nSPS) is 14.6. The van der Waals surface area contributed by atoms with Gasteiger partial charge in [0.25, 0.3) is 5.91 Å². The molecule has 120 valence electrons. The Hall–Kier alpha value is -2.56. The van der Waals surface area contributed by atoms with Gasteiger partial charge in [-0.25, -0.2) is 4.68 Å². The van der Waals surface area contributed by atoms with E-state index in [1.807, 2.05) is 10.7 Å². The summed E-state index contributed by atoms with van der Waals surface area (Å²) < 4.78 is 7.36. The Bertz CT molecular complexity index is 670. The number of hydrogen-bond acceptors (Lipinski definition) is 3. The Kier molecular flexibility index (Phi) is 4.76. The maximum absolute atomic E-state index is 12.4. The second-order valence-electron chi connectivity index (χ2n) is 5.68. The number of carbonyl (C=O) groups excluding carboxylic acids is 1. The van der Waals surface area contributed by atoms with Crippen LogP contribution in [0, 0.1) is 0 Å². The van der Waals surface area contributed by atoms with E-state index in [0.29, 0.717) is 18.2 Å². The minimum Gasteiger partial charge on any atom is -0.490 e. The summed E-state index contributed by atoms with van der Waals surface area (Å²) in [5, 5.41) is 7.32. The van der Waals surface area contributed by atoms with Gasteiger partial charge in [-0.2, -0.15) is 5.10 Å². The number of hydrogen-bond donors (Lipinski definition) is 1. The third kappa shape index (κ3) is 3.62. The molecule has 1 aromatic heterocycles. The summed E-state index contributed by atoms with van der Waals surface area (Å²) in [5.74, 6) is 1.34. The molecule has 1 N–H and O–H groups in total. The van der Waals surface area contributed by atoms with Crippen LogP contribution >= 0.6 is 0 Å². The Morgan fingerprint density at radius 1 is 1.30 bits per heavy atom. The van der Waals surface area contributed by atoms with E-state index in [0.717, 1.165) is 24.4 Å². The van der Waals surface area contributed by atoms with Gasteiger partial charge in [-0.15, -0.1) is 0 Å². The zero-order chi connectivity index (χ0) is 16.1. The minimum absolute atomic E-state index is 0.139. The lowest BCUT2D eigenvalue weighted by atomic mass is 10.2. The summed E-state index contributed by atoms with van der Waals surface area (Å²) >= 11 is 0. The number of carbonyl (C=O) groups is 1. The van der Waals surface area contributed by atoms with Crippen LogP contribution in [0.1, 0.15) is 42.1 Å². The van der Waals surface area contributed by atoms with Crippen molar-refractivity contribution in [3.8, 4) is 5.75 Å². The Labute approximate surface area is 136 Å². The first-order valence-electron chi connectivity index (χ1n) is 7.96. The van der Waals surface area contributed by atoms with Crippen LogP contribution in [-0.4, -0.2) is 22.3 Å². The van der Waals surface area contributed by atoms with Crippen molar-refractivity contribution in [2.24, 2.45) is 0 Å².